The quantitative estimate of drug-likeness (QED) is 0.510. The van der Waals surface area contributed by atoms with Gasteiger partial charge in [0.15, 0.2) is 0 Å². The first-order valence-corrected chi connectivity index (χ1v) is 6.97. The number of fused-ring (bicyclic) bond motifs is 3. The third-order valence-corrected chi connectivity index (χ3v) is 3.77. The first-order valence-electron chi connectivity index (χ1n) is 6.97. The summed E-state index contributed by atoms with van der Waals surface area (Å²) in [6.45, 7) is 6.01. The Balaban J connectivity index is 0.00000161. The van der Waals surface area contributed by atoms with Gasteiger partial charge in [-0.25, -0.2) is 0 Å². The summed E-state index contributed by atoms with van der Waals surface area (Å²) in [4.78, 5) is 0. The predicted molar refractivity (Wildman–Crippen MR) is 95.1 cm³/mol. The highest BCUT2D eigenvalue weighted by atomic mass is 35.5. The van der Waals surface area contributed by atoms with Crippen molar-refractivity contribution in [1.29, 1.82) is 0 Å². The molecule has 108 valence electrons. The van der Waals surface area contributed by atoms with E-state index in [-0.39, 0.29) is 18.4 Å². The third kappa shape index (κ3) is 2.94. The summed E-state index contributed by atoms with van der Waals surface area (Å²) in [5.41, 5.74) is 8.72. The topological polar surface area (TPSA) is 26.0 Å². The van der Waals surface area contributed by atoms with Crippen molar-refractivity contribution in [2.75, 3.05) is 0 Å². The normalized spacial score (nSPS) is 12.1. The molecule has 0 bridgehead atoms. The highest BCUT2D eigenvalue weighted by molar-refractivity contribution is 6.09. The lowest BCUT2D eigenvalue weighted by Crippen LogP contribution is -2.11. The highest BCUT2D eigenvalue weighted by Crippen LogP contribution is 2.32. The first-order chi connectivity index (χ1) is 9.66. The van der Waals surface area contributed by atoms with E-state index in [2.05, 4.69) is 61.2 Å². The zero-order valence-electron chi connectivity index (χ0n) is 12.2. The SMILES string of the molecule is C=C(C)C[C@H](N)c1cc2ccccc2c2ccccc12.Cl. The molecule has 3 aromatic rings. The largest absolute Gasteiger partial charge is 0.324 e. The van der Waals surface area contributed by atoms with Crippen LogP contribution in [0, 0.1) is 0 Å². The lowest BCUT2D eigenvalue weighted by atomic mass is 9.91. The molecule has 0 saturated heterocycles. The molecular weight excluding hydrogens is 278 g/mol. The number of hydrogen-bond acceptors (Lipinski definition) is 1. The van der Waals surface area contributed by atoms with Crippen molar-refractivity contribution in [3.8, 4) is 0 Å². The van der Waals surface area contributed by atoms with Gasteiger partial charge in [-0.3, -0.25) is 0 Å². The van der Waals surface area contributed by atoms with Crippen molar-refractivity contribution in [2.45, 2.75) is 19.4 Å². The molecule has 2 N–H and O–H groups in total. The first kappa shape index (κ1) is 15.6. The second kappa shape index (κ2) is 6.30. The maximum Gasteiger partial charge on any atom is 0.0338 e. The molecule has 21 heavy (non-hydrogen) atoms. The second-order valence-electron chi connectivity index (χ2n) is 5.50. The monoisotopic (exact) mass is 297 g/mol. The molecule has 0 aliphatic heterocycles. The van der Waals surface area contributed by atoms with Crippen molar-refractivity contribution in [3.05, 3.63) is 72.3 Å². The average molecular weight is 298 g/mol. The minimum Gasteiger partial charge on any atom is -0.324 e. The van der Waals surface area contributed by atoms with Gasteiger partial charge in [0.05, 0.1) is 0 Å². The summed E-state index contributed by atoms with van der Waals surface area (Å²) in [6.07, 6.45) is 0.822. The Morgan fingerprint density at radius 1 is 1.00 bits per heavy atom. The Labute approximate surface area is 131 Å². The molecule has 0 fully saturated rings. The van der Waals surface area contributed by atoms with Crippen molar-refractivity contribution >= 4 is 34.0 Å². The van der Waals surface area contributed by atoms with Crippen molar-refractivity contribution < 1.29 is 0 Å². The van der Waals surface area contributed by atoms with Gasteiger partial charge < -0.3 is 5.73 Å². The maximum absolute atomic E-state index is 6.39. The zero-order valence-corrected chi connectivity index (χ0v) is 13.0. The van der Waals surface area contributed by atoms with E-state index in [0.29, 0.717) is 0 Å². The second-order valence-corrected chi connectivity index (χ2v) is 5.50. The lowest BCUT2D eigenvalue weighted by molar-refractivity contribution is 0.724. The van der Waals surface area contributed by atoms with Crippen LogP contribution in [0.25, 0.3) is 21.5 Å². The van der Waals surface area contributed by atoms with Gasteiger partial charge >= 0.3 is 0 Å². The molecule has 0 unspecified atom stereocenters. The van der Waals surface area contributed by atoms with E-state index < -0.39 is 0 Å². The molecule has 2 heteroatoms. The van der Waals surface area contributed by atoms with E-state index in [1.54, 1.807) is 0 Å². The predicted octanol–water partition coefficient (Wildman–Crippen LogP) is 5.38. The molecule has 0 spiro atoms. The van der Waals surface area contributed by atoms with Crippen LogP contribution in [0.2, 0.25) is 0 Å². The third-order valence-electron chi connectivity index (χ3n) is 3.77. The van der Waals surface area contributed by atoms with Gasteiger partial charge in [-0.2, -0.15) is 0 Å². The van der Waals surface area contributed by atoms with Crippen LogP contribution in [0.5, 0.6) is 0 Å². The Bertz CT molecular complexity index is 792. The molecule has 3 rings (SSSR count). The smallest absolute Gasteiger partial charge is 0.0338 e. The Morgan fingerprint density at radius 2 is 1.57 bits per heavy atom. The number of nitrogens with two attached hydrogens (primary N) is 1. The lowest BCUT2D eigenvalue weighted by Gasteiger charge is -2.16. The van der Waals surface area contributed by atoms with Crippen LogP contribution >= 0.6 is 12.4 Å². The van der Waals surface area contributed by atoms with Gasteiger partial charge in [0.1, 0.15) is 0 Å². The summed E-state index contributed by atoms with van der Waals surface area (Å²) in [5, 5.41) is 5.06. The molecule has 0 aliphatic rings. The van der Waals surface area contributed by atoms with Gasteiger partial charge in [0.25, 0.3) is 0 Å². The van der Waals surface area contributed by atoms with Crippen molar-refractivity contribution in [1.82, 2.24) is 0 Å². The zero-order chi connectivity index (χ0) is 14.1. The van der Waals surface area contributed by atoms with Crippen LogP contribution in [0.4, 0.5) is 0 Å². The van der Waals surface area contributed by atoms with Crippen molar-refractivity contribution in [3.63, 3.8) is 0 Å². The van der Waals surface area contributed by atoms with E-state index in [1.807, 2.05) is 6.92 Å². The number of halogens is 1. The van der Waals surface area contributed by atoms with Gasteiger partial charge in [-0.05, 0) is 46.5 Å². The summed E-state index contributed by atoms with van der Waals surface area (Å²) in [5.74, 6) is 0. The fourth-order valence-corrected chi connectivity index (χ4v) is 2.88. The van der Waals surface area contributed by atoms with Gasteiger partial charge in [0, 0.05) is 6.04 Å². The molecule has 1 nitrogen and oxygen atoms in total. The minimum absolute atomic E-state index is 0. The minimum atomic E-state index is 0. The number of benzene rings is 3. The van der Waals surface area contributed by atoms with Crippen LogP contribution < -0.4 is 5.73 Å². The van der Waals surface area contributed by atoms with Crippen LogP contribution in [0.3, 0.4) is 0 Å². The van der Waals surface area contributed by atoms with E-state index >= 15 is 0 Å². The Kier molecular flexibility index (Phi) is 4.66. The van der Waals surface area contributed by atoms with E-state index in [4.69, 9.17) is 5.73 Å². The summed E-state index contributed by atoms with van der Waals surface area (Å²) in [7, 11) is 0. The highest BCUT2D eigenvalue weighted by Gasteiger charge is 2.12. The summed E-state index contributed by atoms with van der Waals surface area (Å²) >= 11 is 0. The fourth-order valence-electron chi connectivity index (χ4n) is 2.88. The molecule has 0 amide bonds. The molecule has 1 atom stereocenters. The standard InChI is InChI=1S/C19H19N.ClH/c1-13(2)11-19(20)18-12-14-7-3-4-8-15(14)16-9-5-6-10-17(16)18;/h3-10,12,19H,1,11,20H2,2H3;1H/t19-;/m0./s1. The number of hydrogen-bond donors (Lipinski definition) is 1. The van der Waals surface area contributed by atoms with Gasteiger partial charge in [0.2, 0.25) is 0 Å². The molecule has 0 radical (unpaired) electrons. The van der Waals surface area contributed by atoms with E-state index in [1.165, 1.54) is 27.1 Å². The molecule has 0 aromatic heterocycles. The fraction of sp³-hybridized carbons (Fsp3) is 0.158. The molecule has 0 saturated carbocycles. The van der Waals surface area contributed by atoms with Crippen molar-refractivity contribution in [2.24, 2.45) is 5.73 Å². The van der Waals surface area contributed by atoms with Crippen LogP contribution in [-0.2, 0) is 0 Å². The average Bonchev–Trinajstić information content (AvgIpc) is 2.45. The van der Waals surface area contributed by atoms with Gasteiger partial charge in [-0.1, -0.05) is 54.1 Å². The van der Waals surface area contributed by atoms with E-state index in [9.17, 15) is 0 Å². The summed E-state index contributed by atoms with van der Waals surface area (Å²) in [6, 6.07) is 19.2. The number of rotatable bonds is 3. The Hall–Kier alpha value is -1.83. The summed E-state index contributed by atoms with van der Waals surface area (Å²) < 4.78 is 0. The van der Waals surface area contributed by atoms with Crippen LogP contribution in [0.1, 0.15) is 24.9 Å². The maximum atomic E-state index is 6.39. The molecule has 0 heterocycles. The Morgan fingerprint density at radius 3 is 2.24 bits per heavy atom. The van der Waals surface area contributed by atoms with Crippen LogP contribution in [-0.4, -0.2) is 0 Å². The van der Waals surface area contributed by atoms with E-state index in [0.717, 1.165) is 12.0 Å². The molecule has 3 aromatic carbocycles. The van der Waals surface area contributed by atoms with Gasteiger partial charge in [-0.15, -0.1) is 19.0 Å². The van der Waals surface area contributed by atoms with Crippen LogP contribution in [0.15, 0.2) is 66.7 Å². The molecular formula is C19H20ClN. The molecule has 0 aliphatic carbocycles.